The molecule has 0 saturated heterocycles. The van der Waals surface area contributed by atoms with Crippen molar-refractivity contribution in [2.75, 3.05) is 5.73 Å². The van der Waals surface area contributed by atoms with Gasteiger partial charge in [0.05, 0.1) is 11.6 Å². The number of hydrogen-bond donors (Lipinski definition) is 12. The zero-order valence-electron chi connectivity index (χ0n) is 12.6. The first-order chi connectivity index (χ1) is 4.33. The molecule has 1 rings (SSSR count). The lowest BCUT2D eigenvalue weighted by atomic mass is 10.2. The fourth-order valence-electron chi connectivity index (χ4n) is 0.608. The summed E-state index contributed by atoms with van der Waals surface area (Å²) in [6, 6.07) is 8.85. The highest BCUT2D eigenvalue weighted by Crippen LogP contribution is 2.03. The summed E-state index contributed by atoms with van der Waals surface area (Å²) in [5.74, 6) is 0. The molecule has 0 aliphatic carbocycles. The molecule has 0 unspecified atom stereocenters. The van der Waals surface area contributed by atoms with E-state index >= 15 is 0 Å². The molecule has 1 aromatic rings. The second-order valence-corrected chi connectivity index (χ2v) is 1.74. The Labute approximate surface area is 121 Å². The second-order valence-electron chi connectivity index (χ2n) is 1.74. The summed E-state index contributed by atoms with van der Waals surface area (Å²) in [5, 5.41) is 8.36. The minimum atomic E-state index is 0. The van der Waals surface area contributed by atoms with E-state index in [1.165, 1.54) is 0 Å². The largest absolute Gasteiger partial charge is 0.399 e. The van der Waals surface area contributed by atoms with Gasteiger partial charge in [0.15, 0.2) is 0 Å². The average Bonchev–Trinajstić information content (AvgIpc) is 1.88. The minimum absolute atomic E-state index is 0. The van der Waals surface area contributed by atoms with Crippen LogP contribution in [0.2, 0.25) is 0 Å². The molecule has 20 heavy (non-hydrogen) atoms. The molecule has 13 nitrogen and oxygen atoms in total. The van der Waals surface area contributed by atoms with Gasteiger partial charge in [-0.15, -0.1) is 0 Å². The lowest BCUT2D eigenvalue weighted by Gasteiger charge is -1.89. The van der Waals surface area contributed by atoms with Gasteiger partial charge >= 0.3 is 0 Å². The van der Waals surface area contributed by atoms with Crippen molar-refractivity contribution in [3.8, 4) is 6.07 Å². The van der Waals surface area contributed by atoms with Gasteiger partial charge in [-0.2, -0.15) is 5.26 Å². The second kappa shape index (κ2) is 53.6. The van der Waals surface area contributed by atoms with E-state index in [-0.39, 0.29) is 67.7 Å². The molecular weight excluding hydrogens is 266 g/mol. The van der Waals surface area contributed by atoms with Gasteiger partial charge in [-0.3, -0.25) is 0 Å². The topological polar surface area (TPSA) is 435 Å². The van der Waals surface area contributed by atoms with Crippen molar-refractivity contribution in [1.82, 2.24) is 67.7 Å². The van der Waals surface area contributed by atoms with Crippen LogP contribution in [-0.2, 0) is 0 Å². The van der Waals surface area contributed by atoms with Gasteiger partial charge in [-0.1, -0.05) is 6.07 Å². The maximum Gasteiger partial charge on any atom is 0.0992 e. The van der Waals surface area contributed by atoms with E-state index in [2.05, 4.69) is 0 Å². The number of benzene rings is 1. The highest BCUT2D eigenvalue weighted by molar-refractivity contribution is 5.44. The lowest BCUT2D eigenvalue weighted by molar-refractivity contribution is 1.48. The summed E-state index contributed by atoms with van der Waals surface area (Å²) in [5.41, 5.74) is 6.62. The van der Waals surface area contributed by atoms with Gasteiger partial charge in [0, 0.05) is 5.69 Å². The fraction of sp³-hybridized carbons (Fsp3) is 0. The predicted octanol–water partition coefficient (Wildman–Crippen LogP) is 2.92. The van der Waals surface area contributed by atoms with Crippen LogP contribution < -0.4 is 73.4 Å². The van der Waals surface area contributed by atoms with E-state index in [1.807, 2.05) is 6.07 Å². The first kappa shape index (κ1) is 105. The van der Waals surface area contributed by atoms with E-state index in [0.29, 0.717) is 11.3 Å². The van der Waals surface area contributed by atoms with Crippen molar-refractivity contribution in [2.24, 2.45) is 0 Å². The van der Waals surface area contributed by atoms with Crippen molar-refractivity contribution in [2.45, 2.75) is 0 Å². The smallest absolute Gasteiger partial charge is 0.0992 e. The van der Waals surface area contributed by atoms with Gasteiger partial charge in [0.25, 0.3) is 0 Å². The van der Waals surface area contributed by atoms with Gasteiger partial charge < -0.3 is 73.4 Å². The third-order valence-corrected chi connectivity index (χ3v) is 1.02. The van der Waals surface area contributed by atoms with Crippen LogP contribution in [0.1, 0.15) is 5.56 Å². The Bertz CT molecular complexity index is 259. The summed E-state index contributed by atoms with van der Waals surface area (Å²) in [6.45, 7) is 0. The Balaban J connectivity index is -0.00000000818. The van der Waals surface area contributed by atoms with Crippen molar-refractivity contribution >= 4 is 5.69 Å². The van der Waals surface area contributed by atoms with Crippen molar-refractivity contribution < 1.29 is 0 Å². The number of nitrogen functional groups attached to an aromatic ring is 1. The molecule has 0 heterocycles. The van der Waals surface area contributed by atoms with Crippen molar-refractivity contribution in [3.05, 3.63) is 29.8 Å². The number of nitriles is 1. The highest BCUT2D eigenvalue weighted by atomic mass is 14.5. The number of rotatable bonds is 0. The Morgan fingerprint density at radius 1 is 0.700 bits per heavy atom. The summed E-state index contributed by atoms with van der Waals surface area (Å²) in [7, 11) is 0. The van der Waals surface area contributed by atoms with Crippen LogP contribution in [0.5, 0.6) is 0 Å². The van der Waals surface area contributed by atoms with Gasteiger partial charge in [0.1, 0.15) is 0 Å². The van der Waals surface area contributed by atoms with E-state index < -0.39 is 0 Å². The Morgan fingerprint density at radius 3 is 1.25 bits per heavy atom. The third-order valence-electron chi connectivity index (χ3n) is 1.02. The van der Waals surface area contributed by atoms with Crippen LogP contribution in [0.25, 0.3) is 0 Å². The number of nitrogens with zero attached hydrogens (tertiary/aromatic N) is 1. The summed E-state index contributed by atoms with van der Waals surface area (Å²) in [6.07, 6.45) is 0. The maximum absolute atomic E-state index is 8.36. The number of hydrogen-bond acceptors (Lipinski definition) is 13. The first-order valence-corrected chi connectivity index (χ1v) is 2.58. The number of anilines is 1. The molecule has 0 aromatic heterocycles. The maximum atomic E-state index is 8.36. The molecule has 0 aliphatic rings. The molecular formula is C7H39N13. The van der Waals surface area contributed by atoms with Crippen LogP contribution in [0, 0.1) is 11.3 Å². The zero-order valence-corrected chi connectivity index (χ0v) is 12.6. The standard InChI is InChI=1S/C7H6N2.11H3N/c8-5-6-2-1-3-7(9)4-6;;;;;;;;;;;/h1-4H,9H2;11*1H3. The first-order valence-electron chi connectivity index (χ1n) is 2.58. The Kier molecular flexibility index (Phi) is 282. The van der Waals surface area contributed by atoms with Crippen LogP contribution >= 0.6 is 0 Å². The molecule has 1 aromatic carbocycles. The molecule has 13 heteroatoms. The SMILES string of the molecule is N.N.N.N.N.N.N.N.N.N.N.N#Cc1cccc(N)c1. The molecule has 0 saturated carbocycles. The monoisotopic (exact) mass is 305 g/mol. The van der Waals surface area contributed by atoms with Gasteiger partial charge in [-0.05, 0) is 18.2 Å². The third kappa shape index (κ3) is 36.0. The highest BCUT2D eigenvalue weighted by Gasteiger charge is 1.86. The molecule has 0 radical (unpaired) electrons. The quantitative estimate of drug-likeness (QED) is 0.306. The normalized spacial score (nSPS) is 3.75. The molecule has 0 aliphatic heterocycles. The number of nitrogens with two attached hydrogens (primary N) is 1. The Morgan fingerprint density at radius 2 is 1.05 bits per heavy atom. The van der Waals surface area contributed by atoms with Crippen LogP contribution in [0.4, 0.5) is 5.69 Å². The van der Waals surface area contributed by atoms with E-state index in [0.717, 1.165) is 0 Å². The summed E-state index contributed by atoms with van der Waals surface area (Å²) in [4.78, 5) is 0. The molecule has 0 spiro atoms. The van der Waals surface area contributed by atoms with Gasteiger partial charge in [0.2, 0.25) is 0 Å². The average molecular weight is 305 g/mol. The zero-order chi connectivity index (χ0) is 6.69. The van der Waals surface area contributed by atoms with E-state index in [1.54, 1.807) is 24.3 Å². The molecule has 35 N–H and O–H groups in total. The summed E-state index contributed by atoms with van der Waals surface area (Å²) >= 11 is 0. The lowest BCUT2D eigenvalue weighted by Crippen LogP contribution is -1.83. The van der Waals surface area contributed by atoms with Crippen molar-refractivity contribution in [1.29, 1.82) is 5.26 Å². The molecule has 0 fully saturated rings. The Hall–Kier alpha value is -1.93. The molecule has 0 amide bonds. The summed E-state index contributed by atoms with van der Waals surface area (Å²) < 4.78 is 0. The fourth-order valence-corrected chi connectivity index (χ4v) is 0.608. The van der Waals surface area contributed by atoms with Crippen LogP contribution in [0.15, 0.2) is 24.3 Å². The van der Waals surface area contributed by atoms with E-state index in [4.69, 9.17) is 11.0 Å². The van der Waals surface area contributed by atoms with Crippen LogP contribution in [-0.4, -0.2) is 0 Å². The molecule has 0 atom stereocenters. The van der Waals surface area contributed by atoms with Crippen LogP contribution in [0.3, 0.4) is 0 Å². The van der Waals surface area contributed by atoms with Gasteiger partial charge in [-0.25, -0.2) is 0 Å². The molecule has 132 valence electrons. The minimum Gasteiger partial charge on any atom is -0.399 e. The van der Waals surface area contributed by atoms with Crippen molar-refractivity contribution in [3.63, 3.8) is 0 Å². The molecule has 0 bridgehead atoms. The predicted molar refractivity (Wildman–Crippen MR) is 90.8 cm³/mol. The van der Waals surface area contributed by atoms with E-state index in [9.17, 15) is 0 Å².